The summed E-state index contributed by atoms with van der Waals surface area (Å²) in [6.07, 6.45) is 1.73. The summed E-state index contributed by atoms with van der Waals surface area (Å²) in [6.45, 7) is 8.22. The van der Waals surface area contributed by atoms with Gasteiger partial charge in [0.15, 0.2) is 5.17 Å². The summed E-state index contributed by atoms with van der Waals surface area (Å²) in [4.78, 5) is 8.75. The van der Waals surface area contributed by atoms with Gasteiger partial charge >= 0.3 is 0 Å². The molecule has 1 aliphatic heterocycles. The van der Waals surface area contributed by atoms with Crippen molar-refractivity contribution in [3.05, 3.63) is 17.8 Å². The van der Waals surface area contributed by atoms with Crippen LogP contribution in [0.2, 0.25) is 0 Å². The molecule has 1 fully saturated rings. The molecule has 1 unspecified atom stereocenters. The second kappa shape index (κ2) is 4.13. The van der Waals surface area contributed by atoms with Crippen LogP contribution in [0.4, 0.5) is 0 Å². The van der Waals surface area contributed by atoms with Crippen LogP contribution in [0.25, 0.3) is 0 Å². The fraction of sp³-hybridized carbons (Fsp3) is 0.636. The first-order valence-electron chi connectivity index (χ1n) is 5.37. The highest BCUT2D eigenvalue weighted by Gasteiger charge is 2.28. The average Bonchev–Trinajstić information content (AvgIpc) is 2.73. The van der Waals surface area contributed by atoms with E-state index < -0.39 is 0 Å². The summed E-state index contributed by atoms with van der Waals surface area (Å²) in [5.74, 6) is 2.55. The van der Waals surface area contributed by atoms with Crippen LogP contribution in [0.5, 0.6) is 0 Å². The summed E-state index contributed by atoms with van der Waals surface area (Å²) in [6, 6.07) is -0.0300. The van der Waals surface area contributed by atoms with Crippen LogP contribution in [-0.2, 0) is 0 Å². The summed E-state index contributed by atoms with van der Waals surface area (Å²) in [5.41, 5.74) is 0.135. The zero-order valence-electron chi connectivity index (χ0n) is 10.1. The first kappa shape index (κ1) is 11.5. The molecule has 1 aliphatic rings. The van der Waals surface area contributed by atoms with Gasteiger partial charge in [-0.25, -0.2) is 9.98 Å². The number of oxazole rings is 1. The Hall–Kier alpha value is -0.970. The van der Waals surface area contributed by atoms with Crippen LogP contribution < -0.4 is 5.32 Å². The van der Waals surface area contributed by atoms with Gasteiger partial charge in [-0.1, -0.05) is 11.8 Å². The highest BCUT2D eigenvalue weighted by molar-refractivity contribution is 8.14. The van der Waals surface area contributed by atoms with Crippen LogP contribution in [0.15, 0.2) is 15.6 Å². The Balaban J connectivity index is 2.07. The van der Waals surface area contributed by atoms with Crippen molar-refractivity contribution in [1.82, 2.24) is 10.3 Å². The third kappa shape index (κ3) is 2.58. The van der Waals surface area contributed by atoms with Crippen LogP contribution in [-0.4, -0.2) is 21.4 Å². The average molecular weight is 239 g/mol. The molecule has 1 aromatic rings. The number of rotatable bonds is 2. The molecule has 2 heterocycles. The molecule has 1 N–H and O–H groups in total. The zero-order valence-corrected chi connectivity index (χ0v) is 10.9. The van der Waals surface area contributed by atoms with Gasteiger partial charge in [0, 0.05) is 11.3 Å². The largest absolute Gasteiger partial charge is 0.444 e. The van der Waals surface area contributed by atoms with Crippen molar-refractivity contribution in [1.29, 1.82) is 0 Å². The maximum atomic E-state index is 5.45. The van der Waals surface area contributed by atoms with Gasteiger partial charge in [0.2, 0.25) is 5.89 Å². The van der Waals surface area contributed by atoms with Crippen molar-refractivity contribution < 1.29 is 4.42 Å². The maximum absolute atomic E-state index is 5.45. The Bertz CT molecular complexity index is 411. The van der Waals surface area contributed by atoms with E-state index in [1.807, 2.05) is 13.8 Å². The van der Waals surface area contributed by atoms with E-state index in [9.17, 15) is 0 Å². The molecular weight excluding hydrogens is 222 g/mol. The van der Waals surface area contributed by atoms with Gasteiger partial charge < -0.3 is 9.73 Å². The molecule has 0 aliphatic carbocycles. The lowest BCUT2D eigenvalue weighted by Crippen LogP contribution is -2.37. The molecule has 0 amide bonds. The smallest absolute Gasteiger partial charge is 0.218 e. The van der Waals surface area contributed by atoms with Gasteiger partial charge in [-0.2, -0.15) is 0 Å². The number of aromatic nitrogens is 1. The molecule has 4 nitrogen and oxygen atoms in total. The van der Waals surface area contributed by atoms with E-state index in [1.165, 1.54) is 0 Å². The van der Waals surface area contributed by atoms with Crippen LogP contribution in [0, 0.1) is 6.92 Å². The lowest BCUT2D eigenvalue weighted by Gasteiger charge is -2.16. The van der Waals surface area contributed by atoms with E-state index in [0.29, 0.717) is 5.89 Å². The van der Waals surface area contributed by atoms with Crippen molar-refractivity contribution in [2.75, 3.05) is 5.75 Å². The molecule has 16 heavy (non-hydrogen) atoms. The highest BCUT2D eigenvalue weighted by Crippen LogP contribution is 2.25. The number of nitrogens with one attached hydrogen (secondary N) is 1. The molecule has 1 aromatic heterocycles. The molecule has 0 bridgehead atoms. The number of thioether (sulfide) groups is 1. The predicted octanol–water partition coefficient (Wildman–Crippen LogP) is 2.52. The van der Waals surface area contributed by atoms with Gasteiger partial charge in [-0.15, -0.1) is 0 Å². The van der Waals surface area contributed by atoms with E-state index in [2.05, 4.69) is 29.1 Å². The summed E-state index contributed by atoms with van der Waals surface area (Å²) in [7, 11) is 0. The highest BCUT2D eigenvalue weighted by atomic mass is 32.2. The SMILES string of the molecule is Cc1cnc(C(C)N=C2NC(C)(C)CS2)o1. The van der Waals surface area contributed by atoms with Gasteiger partial charge in [0.25, 0.3) is 0 Å². The molecule has 0 saturated carbocycles. The quantitative estimate of drug-likeness (QED) is 0.861. The van der Waals surface area contributed by atoms with E-state index >= 15 is 0 Å². The van der Waals surface area contributed by atoms with Crippen molar-refractivity contribution in [2.45, 2.75) is 39.3 Å². The molecular formula is C11H17N3OS. The number of hydrogen-bond donors (Lipinski definition) is 1. The minimum atomic E-state index is -0.0300. The Morgan fingerprint density at radius 2 is 2.38 bits per heavy atom. The van der Waals surface area contributed by atoms with Crippen molar-refractivity contribution in [3.63, 3.8) is 0 Å². The van der Waals surface area contributed by atoms with Gasteiger partial charge in [0.05, 0.1) is 6.20 Å². The normalized spacial score (nSPS) is 23.4. The molecule has 1 saturated heterocycles. The minimum Gasteiger partial charge on any atom is -0.444 e. The lowest BCUT2D eigenvalue weighted by molar-refractivity contribution is 0.444. The van der Waals surface area contributed by atoms with Gasteiger partial charge in [-0.3, -0.25) is 0 Å². The number of nitrogens with zero attached hydrogens (tertiary/aromatic N) is 2. The van der Waals surface area contributed by atoms with Crippen molar-refractivity contribution >= 4 is 16.9 Å². The number of hydrogen-bond acceptors (Lipinski definition) is 4. The summed E-state index contributed by atoms with van der Waals surface area (Å²) >= 11 is 1.75. The Morgan fingerprint density at radius 3 is 2.88 bits per heavy atom. The predicted molar refractivity (Wildman–Crippen MR) is 66.8 cm³/mol. The van der Waals surface area contributed by atoms with Gasteiger partial charge in [-0.05, 0) is 27.7 Å². The third-order valence-electron chi connectivity index (χ3n) is 2.32. The van der Waals surface area contributed by atoms with E-state index in [0.717, 1.165) is 16.7 Å². The Kier molecular flexibility index (Phi) is 2.97. The molecule has 2 rings (SSSR count). The molecule has 1 atom stereocenters. The van der Waals surface area contributed by atoms with Gasteiger partial charge in [0.1, 0.15) is 11.8 Å². The topological polar surface area (TPSA) is 50.4 Å². The van der Waals surface area contributed by atoms with Crippen molar-refractivity contribution in [3.8, 4) is 0 Å². The molecule has 0 aromatic carbocycles. The number of aliphatic imine (C=N–C) groups is 1. The Labute approximate surface area is 99.9 Å². The van der Waals surface area contributed by atoms with Crippen LogP contribution in [0.3, 0.4) is 0 Å². The standard InChI is InChI=1S/C11H17N3OS/c1-7-5-12-9(15-7)8(2)13-10-14-11(3,4)6-16-10/h5,8H,6H2,1-4H3,(H,13,14). The zero-order chi connectivity index (χ0) is 11.8. The molecule has 88 valence electrons. The summed E-state index contributed by atoms with van der Waals surface area (Å²) < 4.78 is 5.45. The molecule has 0 radical (unpaired) electrons. The maximum Gasteiger partial charge on any atom is 0.218 e. The monoisotopic (exact) mass is 239 g/mol. The van der Waals surface area contributed by atoms with Crippen LogP contribution in [0.1, 0.15) is 38.5 Å². The number of aryl methyl sites for hydroxylation is 1. The lowest BCUT2D eigenvalue weighted by atomic mass is 10.1. The summed E-state index contributed by atoms with van der Waals surface area (Å²) in [5, 5.41) is 4.36. The second-order valence-corrected chi connectivity index (χ2v) is 5.68. The van der Waals surface area contributed by atoms with E-state index in [4.69, 9.17) is 4.42 Å². The van der Waals surface area contributed by atoms with Crippen LogP contribution >= 0.6 is 11.8 Å². The second-order valence-electron chi connectivity index (χ2n) is 4.72. The third-order valence-corrected chi connectivity index (χ3v) is 3.67. The van der Waals surface area contributed by atoms with Crippen molar-refractivity contribution in [2.24, 2.45) is 4.99 Å². The first-order valence-corrected chi connectivity index (χ1v) is 6.36. The fourth-order valence-corrected chi connectivity index (χ4v) is 2.63. The molecule has 5 heteroatoms. The van der Waals surface area contributed by atoms with E-state index in [-0.39, 0.29) is 11.6 Å². The Morgan fingerprint density at radius 1 is 1.62 bits per heavy atom. The minimum absolute atomic E-state index is 0.0300. The first-order chi connectivity index (χ1) is 7.46. The fourth-order valence-electron chi connectivity index (χ4n) is 1.48. The molecule has 0 spiro atoms. The van der Waals surface area contributed by atoms with E-state index in [1.54, 1.807) is 18.0 Å². The number of amidine groups is 1.